The van der Waals surface area contributed by atoms with Gasteiger partial charge in [0.05, 0.1) is 49.8 Å². The van der Waals surface area contributed by atoms with E-state index < -0.39 is 0 Å². The van der Waals surface area contributed by atoms with Crippen LogP contribution >= 0.6 is 0 Å². The second kappa shape index (κ2) is 25.9. The van der Waals surface area contributed by atoms with E-state index >= 15 is 0 Å². The van der Waals surface area contributed by atoms with Gasteiger partial charge in [0.1, 0.15) is 0 Å². The second-order valence-corrected chi connectivity index (χ2v) is 26.8. The van der Waals surface area contributed by atoms with Crippen LogP contribution < -0.4 is 0 Å². The van der Waals surface area contributed by atoms with Crippen molar-refractivity contribution < 1.29 is 0 Å². The predicted octanol–water partition coefficient (Wildman–Crippen LogP) is 24.4. The third-order valence-electron chi connectivity index (χ3n) is 20.6. The minimum atomic E-state index is 0.641. The molecular formula is C97H63N9. The Labute approximate surface area is 610 Å². The molecule has 6 aromatic heterocycles. The quantitative estimate of drug-likeness (QED) is 0.129. The van der Waals surface area contributed by atoms with Crippen LogP contribution in [0.2, 0.25) is 0 Å². The number of hydrogen-bond donors (Lipinski definition) is 0. The monoisotopic (exact) mass is 1350 g/mol. The van der Waals surface area contributed by atoms with Crippen LogP contribution in [0.1, 0.15) is 0 Å². The molecule has 0 saturated carbocycles. The van der Waals surface area contributed by atoms with E-state index in [0.717, 1.165) is 72.6 Å². The fourth-order valence-corrected chi connectivity index (χ4v) is 15.6. The molecule has 0 radical (unpaired) electrons. The van der Waals surface area contributed by atoms with Gasteiger partial charge in [-0.1, -0.05) is 255 Å². The van der Waals surface area contributed by atoms with Crippen LogP contribution in [0.25, 0.3) is 189 Å². The maximum atomic E-state index is 5.19. The van der Waals surface area contributed by atoms with E-state index in [1.807, 2.05) is 79.0 Å². The highest BCUT2D eigenvalue weighted by Gasteiger charge is 2.21. The SMILES string of the molecule is c1ccc(-c2ccc(-c3cccc(-c4ccnc(-n5c6ccccc6c6cc(-c7ccc8c(c7)c7ccccc7n8-c7ccccc7)ccc65)n4)c3)cc2)cc1.c1ccc(-c2nc(-c3ccccc3)nc(-c3ccc(-n4c5ccccc5c5cc(-n6c7ccccc7c7ccccc76)ccc54)cc3)n2)cc1. The number of para-hydroxylation sites is 6. The van der Waals surface area contributed by atoms with Crippen LogP contribution in [0.4, 0.5) is 0 Å². The Morgan fingerprint density at radius 3 is 0.972 bits per heavy atom. The predicted molar refractivity (Wildman–Crippen MR) is 437 cm³/mol. The highest BCUT2D eigenvalue weighted by molar-refractivity contribution is 6.14. The minimum Gasteiger partial charge on any atom is -0.309 e. The minimum absolute atomic E-state index is 0.641. The van der Waals surface area contributed by atoms with Gasteiger partial charge in [-0.3, -0.25) is 4.57 Å². The van der Waals surface area contributed by atoms with E-state index in [9.17, 15) is 0 Å². The molecule has 0 unspecified atom stereocenters. The van der Waals surface area contributed by atoms with Crippen molar-refractivity contribution in [2.24, 2.45) is 0 Å². The van der Waals surface area contributed by atoms with Crippen molar-refractivity contribution in [2.75, 3.05) is 0 Å². The molecule has 0 saturated heterocycles. The molecule has 15 aromatic carbocycles. The molecule has 0 bridgehead atoms. The summed E-state index contributed by atoms with van der Waals surface area (Å²) in [6, 6.07) is 133. The summed E-state index contributed by atoms with van der Waals surface area (Å²) >= 11 is 0. The van der Waals surface area contributed by atoms with E-state index in [4.69, 9.17) is 24.9 Å². The van der Waals surface area contributed by atoms with Crippen molar-refractivity contribution in [1.82, 2.24) is 43.2 Å². The molecule has 0 fully saturated rings. The van der Waals surface area contributed by atoms with Crippen molar-refractivity contribution in [3.63, 3.8) is 0 Å². The number of nitrogens with zero attached hydrogens (tertiary/aromatic N) is 9. The zero-order chi connectivity index (χ0) is 70.0. The molecule has 0 atom stereocenters. The number of fused-ring (bicyclic) bond motifs is 12. The number of rotatable bonds is 11. The molecular weight excluding hydrogens is 1290 g/mol. The molecule has 6 heterocycles. The first-order valence-electron chi connectivity index (χ1n) is 35.8. The summed E-state index contributed by atoms with van der Waals surface area (Å²) in [6.45, 7) is 0. The first-order valence-corrected chi connectivity index (χ1v) is 35.8. The third-order valence-corrected chi connectivity index (χ3v) is 20.6. The topological polar surface area (TPSA) is 84.2 Å². The molecule has 21 rings (SSSR count). The smallest absolute Gasteiger partial charge is 0.235 e. The van der Waals surface area contributed by atoms with Gasteiger partial charge < -0.3 is 13.7 Å². The van der Waals surface area contributed by atoms with E-state index in [1.54, 1.807) is 0 Å². The lowest BCUT2D eigenvalue weighted by Gasteiger charge is -2.11. The summed E-state index contributed by atoms with van der Waals surface area (Å²) in [4.78, 5) is 24.8. The molecule has 106 heavy (non-hydrogen) atoms. The fraction of sp³-hybridized carbons (Fsp3) is 0. The van der Waals surface area contributed by atoms with Crippen LogP contribution in [-0.4, -0.2) is 43.2 Å². The molecule has 0 amide bonds. The second-order valence-electron chi connectivity index (χ2n) is 26.8. The van der Waals surface area contributed by atoms with Gasteiger partial charge in [-0.15, -0.1) is 0 Å². The molecule has 0 N–H and O–H groups in total. The summed E-state index contributed by atoms with van der Waals surface area (Å²) in [7, 11) is 0. The van der Waals surface area contributed by atoms with Gasteiger partial charge in [-0.2, -0.15) is 0 Å². The zero-order valence-electron chi connectivity index (χ0n) is 57.4. The van der Waals surface area contributed by atoms with Crippen molar-refractivity contribution in [1.29, 1.82) is 0 Å². The maximum Gasteiger partial charge on any atom is 0.235 e. The Balaban J connectivity index is 0.000000141. The van der Waals surface area contributed by atoms with Gasteiger partial charge in [0.15, 0.2) is 17.5 Å². The molecule has 9 nitrogen and oxygen atoms in total. The first kappa shape index (κ1) is 61.5. The normalized spacial score (nSPS) is 11.6. The van der Waals surface area contributed by atoms with Gasteiger partial charge in [0.25, 0.3) is 0 Å². The largest absolute Gasteiger partial charge is 0.309 e. The van der Waals surface area contributed by atoms with Crippen LogP contribution in [0.3, 0.4) is 0 Å². The summed E-state index contributed by atoms with van der Waals surface area (Å²) < 4.78 is 9.29. The van der Waals surface area contributed by atoms with Crippen LogP contribution in [0.5, 0.6) is 0 Å². The first-order chi connectivity index (χ1) is 52.6. The third kappa shape index (κ3) is 10.8. The van der Waals surface area contributed by atoms with Crippen LogP contribution in [0, 0.1) is 0 Å². The number of hydrogen-bond acceptors (Lipinski definition) is 5. The van der Waals surface area contributed by atoms with E-state index in [-0.39, 0.29) is 0 Å². The Morgan fingerprint density at radius 1 is 0.170 bits per heavy atom. The number of benzene rings is 15. The lowest BCUT2D eigenvalue weighted by molar-refractivity contribution is 0.992. The summed E-state index contributed by atoms with van der Waals surface area (Å²) in [5.41, 5.74) is 24.5. The Morgan fingerprint density at radius 2 is 0.472 bits per heavy atom. The molecule has 21 aromatic rings. The molecule has 0 aliphatic rings. The molecule has 496 valence electrons. The Kier molecular flexibility index (Phi) is 15.0. The number of aromatic nitrogens is 9. The molecule has 0 aliphatic heterocycles. The van der Waals surface area contributed by atoms with Gasteiger partial charge in [-0.25, -0.2) is 24.9 Å². The van der Waals surface area contributed by atoms with Crippen LogP contribution in [0.15, 0.2) is 382 Å². The van der Waals surface area contributed by atoms with Crippen molar-refractivity contribution in [3.05, 3.63) is 382 Å². The maximum absolute atomic E-state index is 5.19. The summed E-state index contributed by atoms with van der Waals surface area (Å²) in [6.07, 6.45) is 1.87. The molecule has 0 aliphatic carbocycles. The average molecular weight is 1350 g/mol. The Hall–Kier alpha value is -14.4. The van der Waals surface area contributed by atoms with E-state index in [2.05, 4.69) is 322 Å². The van der Waals surface area contributed by atoms with Gasteiger partial charge in [0, 0.05) is 88.6 Å². The summed E-state index contributed by atoms with van der Waals surface area (Å²) in [5.74, 6) is 2.59. The lowest BCUT2D eigenvalue weighted by atomic mass is 9.98. The fourth-order valence-electron chi connectivity index (χ4n) is 15.6. The zero-order valence-corrected chi connectivity index (χ0v) is 57.4. The van der Waals surface area contributed by atoms with Gasteiger partial charge in [0.2, 0.25) is 5.95 Å². The van der Waals surface area contributed by atoms with Gasteiger partial charge in [-0.05, 0) is 155 Å². The standard InChI is InChI=1S/C52H34N4.C45H29N5/c1-3-12-35(13-4-1)36-22-24-37(25-23-36)38-14-11-15-41(32-38)47-30-31-53-52(54-47)56-49-21-10-8-19-44(49)46-34-40(27-29-51(46)56)39-26-28-50-45(33-39)43-18-7-9-20-48(43)55(50)42-16-5-2-6-17-42;1-3-13-30(14-4-1)43-46-44(31-15-5-2-6-16-31)48-45(47-43)32-23-25-33(26-24-32)49-41-22-12-9-19-37(41)38-29-34(27-28-42(38)49)50-39-20-10-7-17-35(39)36-18-8-11-21-40(36)50/h1-34H;1-29H. The Bertz CT molecular complexity index is 6810. The van der Waals surface area contributed by atoms with Gasteiger partial charge >= 0.3 is 0 Å². The van der Waals surface area contributed by atoms with E-state index in [0.29, 0.717) is 23.4 Å². The van der Waals surface area contributed by atoms with E-state index in [1.165, 1.54) is 93.0 Å². The van der Waals surface area contributed by atoms with Crippen molar-refractivity contribution >= 4 is 87.2 Å². The molecule has 0 spiro atoms. The van der Waals surface area contributed by atoms with Crippen LogP contribution in [-0.2, 0) is 0 Å². The van der Waals surface area contributed by atoms with Crippen molar-refractivity contribution in [3.8, 4) is 102 Å². The average Bonchev–Trinajstić information content (AvgIpc) is 1.59. The highest BCUT2D eigenvalue weighted by atomic mass is 15.2. The lowest BCUT2D eigenvalue weighted by Crippen LogP contribution is -2.01. The van der Waals surface area contributed by atoms with Crippen molar-refractivity contribution in [2.45, 2.75) is 0 Å². The highest BCUT2D eigenvalue weighted by Crippen LogP contribution is 2.41. The summed E-state index contributed by atoms with van der Waals surface area (Å²) in [5, 5.41) is 9.76. The molecule has 9 heteroatoms.